The number of anilines is 1. The van der Waals surface area contributed by atoms with Crippen LogP contribution in [0.4, 0.5) is 11.4 Å². The van der Waals surface area contributed by atoms with Crippen LogP contribution >= 0.6 is 0 Å². The van der Waals surface area contributed by atoms with E-state index in [-0.39, 0.29) is 11.6 Å². The number of nitro benzene ring substituents is 1. The Kier molecular flexibility index (Phi) is 7.30. The third-order valence-electron chi connectivity index (χ3n) is 6.71. The Morgan fingerprint density at radius 1 is 1.25 bits per heavy atom. The van der Waals surface area contributed by atoms with Gasteiger partial charge in [-0.05, 0) is 30.5 Å². The van der Waals surface area contributed by atoms with Gasteiger partial charge in [0.05, 0.1) is 17.5 Å². The lowest BCUT2D eigenvalue weighted by Gasteiger charge is -2.50. The number of hydrogen-bond acceptors (Lipinski definition) is 8. The van der Waals surface area contributed by atoms with Gasteiger partial charge in [-0.2, -0.15) is 0 Å². The van der Waals surface area contributed by atoms with Gasteiger partial charge in [-0.3, -0.25) is 10.1 Å². The molecule has 0 aliphatic carbocycles. The summed E-state index contributed by atoms with van der Waals surface area (Å²) in [6.07, 6.45) is 1.28. The number of aliphatic hydroxyl groups is 1. The van der Waals surface area contributed by atoms with Crippen LogP contribution in [0.15, 0.2) is 54.9 Å². The molecule has 192 valence electrons. The summed E-state index contributed by atoms with van der Waals surface area (Å²) in [5, 5.41) is 23.6. The van der Waals surface area contributed by atoms with E-state index in [2.05, 4.69) is 23.8 Å². The van der Waals surface area contributed by atoms with E-state index in [9.17, 15) is 15.2 Å². The molecule has 2 heterocycles. The fourth-order valence-electron chi connectivity index (χ4n) is 4.96. The zero-order valence-electron chi connectivity index (χ0n) is 21.0. The van der Waals surface area contributed by atoms with Gasteiger partial charge in [0.15, 0.2) is 11.9 Å². The average Bonchev–Trinajstić information content (AvgIpc) is 3.37. The number of hydrogen-bond donors (Lipinski definition) is 2. The first-order valence-corrected chi connectivity index (χ1v) is 11.8. The molecule has 1 aromatic heterocycles. The molecule has 0 unspecified atom stereocenters. The van der Waals surface area contributed by atoms with E-state index in [0.29, 0.717) is 23.7 Å². The lowest BCUT2D eigenvalue weighted by atomic mass is 9.82. The Hall–Kier alpha value is -3.47. The van der Waals surface area contributed by atoms with Gasteiger partial charge in [0.2, 0.25) is 0 Å². The maximum Gasteiger partial charge on any atom is 0.270 e. The second-order valence-corrected chi connectivity index (χ2v) is 9.34. The van der Waals surface area contributed by atoms with Crippen LogP contribution in [0.25, 0.3) is 0 Å². The summed E-state index contributed by atoms with van der Waals surface area (Å²) in [5.74, 6) is 1.26. The number of nitrogens with one attached hydrogen (secondary N) is 1. The van der Waals surface area contributed by atoms with Crippen molar-refractivity contribution in [2.24, 2.45) is 0 Å². The van der Waals surface area contributed by atoms with Crippen molar-refractivity contribution in [1.29, 1.82) is 0 Å². The monoisotopic (exact) mass is 496 g/mol. The van der Waals surface area contributed by atoms with Gasteiger partial charge in [-0.1, -0.05) is 32.0 Å². The molecular weight excluding hydrogens is 464 g/mol. The molecule has 36 heavy (non-hydrogen) atoms. The number of ether oxygens (including phenoxy) is 3. The third kappa shape index (κ3) is 4.55. The molecule has 2 aromatic carbocycles. The highest BCUT2D eigenvalue weighted by Crippen LogP contribution is 2.48. The van der Waals surface area contributed by atoms with E-state index in [1.54, 1.807) is 25.4 Å². The van der Waals surface area contributed by atoms with Crippen LogP contribution in [-0.2, 0) is 16.0 Å². The van der Waals surface area contributed by atoms with Crippen LogP contribution in [0.5, 0.6) is 5.75 Å². The maximum atomic E-state index is 12.0. The molecule has 1 aliphatic rings. The van der Waals surface area contributed by atoms with Crippen LogP contribution in [-0.4, -0.2) is 52.2 Å². The number of aromatic nitrogens is 2. The summed E-state index contributed by atoms with van der Waals surface area (Å²) in [7, 11) is 2.95. The first kappa shape index (κ1) is 25.6. The lowest BCUT2D eigenvalue weighted by Crippen LogP contribution is -2.62. The van der Waals surface area contributed by atoms with Gasteiger partial charge in [0, 0.05) is 50.0 Å². The Labute approximate surface area is 210 Å². The smallest absolute Gasteiger partial charge is 0.270 e. The van der Waals surface area contributed by atoms with Crippen molar-refractivity contribution in [2.45, 2.75) is 57.3 Å². The predicted molar refractivity (Wildman–Crippen MR) is 134 cm³/mol. The highest BCUT2D eigenvalue weighted by atomic mass is 16.7. The molecule has 2 N–H and O–H groups in total. The van der Waals surface area contributed by atoms with Gasteiger partial charge in [-0.15, -0.1) is 0 Å². The lowest BCUT2D eigenvalue weighted by molar-refractivity contribution is -0.385. The third-order valence-corrected chi connectivity index (χ3v) is 6.71. The summed E-state index contributed by atoms with van der Waals surface area (Å²) in [6.45, 7) is 6.21. The molecule has 0 radical (unpaired) electrons. The van der Waals surface area contributed by atoms with Crippen molar-refractivity contribution >= 4 is 11.4 Å². The predicted octanol–water partition coefficient (Wildman–Crippen LogP) is 4.32. The number of nitro groups is 1. The molecule has 0 saturated heterocycles. The fraction of sp³-hybridized carbons (Fsp3) is 0.423. The van der Waals surface area contributed by atoms with Gasteiger partial charge >= 0.3 is 0 Å². The molecule has 3 atom stereocenters. The quantitative estimate of drug-likeness (QED) is 0.255. The van der Waals surface area contributed by atoms with Crippen molar-refractivity contribution in [2.75, 3.05) is 19.1 Å². The van der Waals surface area contributed by atoms with Crippen molar-refractivity contribution < 1.29 is 24.2 Å². The first-order chi connectivity index (χ1) is 17.2. The molecule has 0 amide bonds. The minimum Gasteiger partial charge on any atom is -0.479 e. The van der Waals surface area contributed by atoms with E-state index >= 15 is 0 Å². The second kappa shape index (κ2) is 10.3. The maximum absolute atomic E-state index is 12.0. The standard InChI is InChI=1S/C26H32N4O6/c1-16(2)18-8-6-7-9-20(18)29(15-22-27-12-13-28-22)23-19-14-17(30(32)33)10-11-21(19)36-26(3,24(23)31)25(34-4)35-5/h6-14,16,23-25,31H,15H2,1-5H3,(H,27,28)/t23-,24+,26-/m0/s1. The zero-order valence-corrected chi connectivity index (χ0v) is 21.0. The minimum absolute atomic E-state index is 0.0942. The van der Waals surface area contributed by atoms with Crippen LogP contribution in [0.3, 0.4) is 0 Å². The number of aliphatic hydroxyl groups excluding tert-OH is 1. The highest BCUT2D eigenvalue weighted by Gasteiger charge is 2.54. The average molecular weight is 497 g/mol. The molecule has 4 rings (SSSR count). The van der Waals surface area contributed by atoms with Gasteiger partial charge in [0.1, 0.15) is 17.7 Å². The number of non-ortho nitro benzene ring substituents is 1. The molecule has 0 fully saturated rings. The van der Waals surface area contributed by atoms with Crippen molar-refractivity contribution in [3.63, 3.8) is 0 Å². The number of para-hydroxylation sites is 1. The Balaban J connectivity index is 1.97. The van der Waals surface area contributed by atoms with Crippen LogP contribution in [0.2, 0.25) is 0 Å². The Bertz CT molecular complexity index is 1200. The first-order valence-electron chi connectivity index (χ1n) is 11.8. The summed E-state index contributed by atoms with van der Waals surface area (Å²) >= 11 is 0. The largest absolute Gasteiger partial charge is 0.479 e. The number of methoxy groups -OCH3 is 2. The van der Waals surface area contributed by atoms with Crippen molar-refractivity contribution in [3.8, 4) is 5.75 Å². The van der Waals surface area contributed by atoms with Crippen molar-refractivity contribution in [3.05, 3.63) is 81.9 Å². The molecular formula is C26H32N4O6. The fourth-order valence-corrected chi connectivity index (χ4v) is 4.96. The van der Waals surface area contributed by atoms with E-state index < -0.39 is 29.0 Å². The normalized spacial score (nSPS) is 21.3. The van der Waals surface area contributed by atoms with Crippen molar-refractivity contribution in [1.82, 2.24) is 9.97 Å². The molecule has 0 saturated carbocycles. The Morgan fingerprint density at radius 2 is 1.97 bits per heavy atom. The topological polar surface area (TPSA) is 123 Å². The van der Waals surface area contributed by atoms with E-state index in [0.717, 1.165) is 11.3 Å². The highest BCUT2D eigenvalue weighted by molar-refractivity contribution is 5.60. The summed E-state index contributed by atoms with van der Waals surface area (Å²) in [5.41, 5.74) is 1.01. The SMILES string of the molecule is COC(OC)[C@@]1(C)Oc2ccc([N+](=O)[O-])cc2[C@H](N(Cc2ncc[nH]2)c2ccccc2C(C)C)[C@H]1O. The van der Waals surface area contributed by atoms with Gasteiger partial charge < -0.3 is 29.2 Å². The number of imidazole rings is 1. The second-order valence-electron chi connectivity index (χ2n) is 9.34. The minimum atomic E-state index is -1.33. The molecule has 0 bridgehead atoms. The van der Waals surface area contributed by atoms with Crippen LogP contribution in [0.1, 0.15) is 49.7 Å². The number of H-pyrrole nitrogens is 1. The van der Waals surface area contributed by atoms with E-state index in [1.807, 2.05) is 29.2 Å². The summed E-state index contributed by atoms with van der Waals surface area (Å²) in [6, 6.07) is 11.6. The van der Waals surface area contributed by atoms with Gasteiger partial charge in [-0.25, -0.2) is 4.98 Å². The molecule has 0 spiro atoms. The number of benzene rings is 2. The molecule has 10 nitrogen and oxygen atoms in total. The Morgan fingerprint density at radius 3 is 2.58 bits per heavy atom. The van der Waals surface area contributed by atoms with E-state index in [1.165, 1.54) is 26.4 Å². The number of rotatable bonds is 9. The molecule has 1 aliphatic heterocycles. The summed E-state index contributed by atoms with van der Waals surface area (Å²) in [4.78, 5) is 20.8. The zero-order chi connectivity index (χ0) is 26.0. The number of nitrogens with zero attached hydrogens (tertiary/aromatic N) is 3. The number of aromatic amines is 1. The number of fused-ring (bicyclic) bond motifs is 1. The molecule has 10 heteroatoms. The van der Waals surface area contributed by atoms with Crippen LogP contribution in [0, 0.1) is 10.1 Å². The van der Waals surface area contributed by atoms with Crippen LogP contribution < -0.4 is 9.64 Å². The summed E-state index contributed by atoms with van der Waals surface area (Å²) < 4.78 is 17.3. The molecule has 3 aromatic rings. The van der Waals surface area contributed by atoms with Gasteiger partial charge in [0.25, 0.3) is 5.69 Å². The van der Waals surface area contributed by atoms with E-state index in [4.69, 9.17) is 14.2 Å².